The van der Waals surface area contributed by atoms with Crippen molar-refractivity contribution in [1.82, 2.24) is 25.0 Å². The van der Waals surface area contributed by atoms with Gasteiger partial charge in [0.25, 0.3) is 0 Å². The van der Waals surface area contributed by atoms with Crippen LogP contribution < -0.4 is 5.32 Å². The van der Waals surface area contributed by atoms with E-state index in [2.05, 4.69) is 34.1 Å². The van der Waals surface area contributed by atoms with Gasteiger partial charge in [-0.25, -0.2) is 9.67 Å². The van der Waals surface area contributed by atoms with Gasteiger partial charge in [0.1, 0.15) is 12.2 Å². The zero-order valence-corrected chi connectivity index (χ0v) is 12.8. The number of hydrogen-bond donors (Lipinski definition) is 1. The Kier molecular flexibility index (Phi) is 4.36. The monoisotopic (exact) mass is 277 g/mol. The fourth-order valence-electron chi connectivity index (χ4n) is 3.86. The molecule has 5 heteroatoms. The molecule has 5 nitrogen and oxygen atoms in total. The molecule has 1 N–H and O–H groups in total. The second kappa shape index (κ2) is 6.22. The Morgan fingerprint density at radius 2 is 2.05 bits per heavy atom. The number of nitrogens with zero attached hydrogens (tertiary/aromatic N) is 4. The van der Waals surface area contributed by atoms with E-state index in [1.165, 1.54) is 38.6 Å². The summed E-state index contributed by atoms with van der Waals surface area (Å²) in [7, 11) is 0. The van der Waals surface area contributed by atoms with E-state index in [9.17, 15) is 0 Å². The third-order valence-electron chi connectivity index (χ3n) is 4.82. The van der Waals surface area contributed by atoms with Gasteiger partial charge in [0.15, 0.2) is 0 Å². The molecular weight excluding hydrogens is 250 g/mol. The van der Waals surface area contributed by atoms with E-state index in [0.29, 0.717) is 0 Å². The van der Waals surface area contributed by atoms with Gasteiger partial charge in [0.2, 0.25) is 0 Å². The van der Waals surface area contributed by atoms with Crippen LogP contribution in [0.1, 0.15) is 51.8 Å². The predicted octanol–water partition coefficient (Wildman–Crippen LogP) is 1.79. The first-order valence-corrected chi connectivity index (χ1v) is 8.17. The number of aryl methyl sites for hydroxylation is 1. The van der Waals surface area contributed by atoms with Gasteiger partial charge in [-0.05, 0) is 45.6 Å². The quantitative estimate of drug-likeness (QED) is 0.861. The first-order valence-electron chi connectivity index (χ1n) is 8.17. The van der Waals surface area contributed by atoms with Crippen molar-refractivity contribution in [1.29, 1.82) is 0 Å². The first kappa shape index (κ1) is 14.0. The molecule has 2 aliphatic rings. The van der Waals surface area contributed by atoms with E-state index >= 15 is 0 Å². The molecule has 3 heterocycles. The van der Waals surface area contributed by atoms with Gasteiger partial charge in [-0.1, -0.05) is 6.92 Å². The summed E-state index contributed by atoms with van der Waals surface area (Å²) in [6.45, 7) is 7.43. The van der Waals surface area contributed by atoms with Crippen LogP contribution in [0.25, 0.3) is 0 Å². The summed E-state index contributed by atoms with van der Waals surface area (Å²) in [6.07, 6.45) is 8.24. The highest BCUT2D eigenvalue weighted by Gasteiger charge is 2.36. The molecule has 3 rings (SSSR count). The Hall–Kier alpha value is -0.940. The average molecular weight is 277 g/mol. The van der Waals surface area contributed by atoms with Crippen LogP contribution in [0.4, 0.5) is 0 Å². The van der Waals surface area contributed by atoms with Gasteiger partial charge >= 0.3 is 0 Å². The highest BCUT2D eigenvalue weighted by atomic mass is 15.3. The van der Waals surface area contributed by atoms with Crippen LogP contribution in [-0.2, 0) is 13.1 Å². The van der Waals surface area contributed by atoms with E-state index in [4.69, 9.17) is 0 Å². The lowest BCUT2D eigenvalue weighted by Gasteiger charge is -2.37. The molecule has 1 aromatic heterocycles. The van der Waals surface area contributed by atoms with Crippen LogP contribution in [0.5, 0.6) is 0 Å². The Bertz CT molecular complexity index is 418. The molecule has 2 aliphatic heterocycles. The van der Waals surface area contributed by atoms with Crippen LogP contribution >= 0.6 is 0 Å². The van der Waals surface area contributed by atoms with Crippen LogP contribution in [0.2, 0.25) is 0 Å². The maximum Gasteiger partial charge on any atom is 0.141 e. The van der Waals surface area contributed by atoms with Crippen molar-refractivity contribution in [2.75, 3.05) is 6.54 Å². The van der Waals surface area contributed by atoms with E-state index in [-0.39, 0.29) is 0 Å². The van der Waals surface area contributed by atoms with Gasteiger partial charge in [0, 0.05) is 24.7 Å². The van der Waals surface area contributed by atoms with Crippen molar-refractivity contribution in [2.45, 2.75) is 77.2 Å². The minimum atomic E-state index is 0.718. The van der Waals surface area contributed by atoms with Gasteiger partial charge in [-0.3, -0.25) is 4.90 Å². The summed E-state index contributed by atoms with van der Waals surface area (Å²) in [5.41, 5.74) is 0. The minimum absolute atomic E-state index is 0.718. The molecule has 1 aromatic rings. The van der Waals surface area contributed by atoms with E-state index in [0.717, 1.165) is 37.0 Å². The standard InChI is InChI=1S/C15H27N5/c1-3-7-19(10-15-16-11-17-20(15)4-2)14-8-12-5-6-13(9-14)18-12/h11-14,18H,3-10H2,1-2H3. The number of nitrogens with one attached hydrogen (secondary N) is 1. The molecule has 0 saturated carbocycles. The molecule has 20 heavy (non-hydrogen) atoms. The third kappa shape index (κ3) is 2.88. The maximum absolute atomic E-state index is 4.45. The van der Waals surface area contributed by atoms with Gasteiger partial charge in [-0.15, -0.1) is 0 Å². The molecule has 0 aliphatic carbocycles. The fraction of sp³-hybridized carbons (Fsp3) is 0.867. The van der Waals surface area contributed by atoms with Crippen LogP contribution in [0.15, 0.2) is 6.33 Å². The average Bonchev–Trinajstić information content (AvgIpc) is 3.04. The van der Waals surface area contributed by atoms with Crippen molar-refractivity contribution in [3.8, 4) is 0 Å². The van der Waals surface area contributed by atoms with Crippen molar-refractivity contribution in [3.05, 3.63) is 12.2 Å². The molecule has 0 aromatic carbocycles. The molecule has 2 saturated heterocycles. The molecule has 2 atom stereocenters. The fourth-order valence-corrected chi connectivity index (χ4v) is 3.86. The Labute approximate surface area is 121 Å². The van der Waals surface area contributed by atoms with Crippen molar-refractivity contribution in [3.63, 3.8) is 0 Å². The minimum Gasteiger partial charge on any atom is -0.311 e. The molecule has 0 radical (unpaired) electrons. The zero-order valence-electron chi connectivity index (χ0n) is 12.8. The molecule has 112 valence electrons. The number of piperidine rings is 1. The lowest BCUT2D eigenvalue weighted by molar-refractivity contribution is 0.129. The smallest absolute Gasteiger partial charge is 0.141 e. The summed E-state index contributed by atoms with van der Waals surface area (Å²) < 4.78 is 2.03. The Balaban J connectivity index is 1.69. The molecule has 2 bridgehead atoms. The predicted molar refractivity (Wildman–Crippen MR) is 79.4 cm³/mol. The van der Waals surface area contributed by atoms with Crippen molar-refractivity contribution >= 4 is 0 Å². The SMILES string of the molecule is CCCN(Cc1ncnn1CC)C1CC2CCC(C1)N2. The Morgan fingerprint density at radius 3 is 2.70 bits per heavy atom. The van der Waals surface area contributed by atoms with E-state index in [1.807, 2.05) is 4.68 Å². The van der Waals surface area contributed by atoms with Crippen LogP contribution in [0.3, 0.4) is 0 Å². The van der Waals surface area contributed by atoms with Crippen LogP contribution in [0, 0.1) is 0 Å². The second-order valence-corrected chi connectivity index (χ2v) is 6.23. The molecule has 2 fully saturated rings. The maximum atomic E-state index is 4.45. The number of hydrogen-bond acceptors (Lipinski definition) is 4. The molecule has 2 unspecified atom stereocenters. The lowest BCUT2D eigenvalue weighted by atomic mass is 9.98. The topological polar surface area (TPSA) is 46.0 Å². The number of aromatic nitrogens is 3. The van der Waals surface area contributed by atoms with Gasteiger partial charge in [0.05, 0.1) is 6.54 Å². The molecule has 0 spiro atoms. The summed E-state index contributed by atoms with van der Waals surface area (Å²) >= 11 is 0. The molecule has 0 amide bonds. The summed E-state index contributed by atoms with van der Waals surface area (Å²) in [5, 5.41) is 8.04. The highest BCUT2D eigenvalue weighted by Crippen LogP contribution is 2.30. The largest absolute Gasteiger partial charge is 0.311 e. The Morgan fingerprint density at radius 1 is 1.30 bits per heavy atom. The summed E-state index contributed by atoms with van der Waals surface area (Å²) in [4.78, 5) is 7.09. The number of fused-ring (bicyclic) bond motifs is 2. The van der Waals surface area contributed by atoms with E-state index in [1.54, 1.807) is 6.33 Å². The van der Waals surface area contributed by atoms with Crippen molar-refractivity contribution < 1.29 is 0 Å². The van der Waals surface area contributed by atoms with Crippen LogP contribution in [-0.4, -0.2) is 44.3 Å². The highest BCUT2D eigenvalue weighted by molar-refractivity contribution is 4.97. The van der Waals surface area contributed by atoms with E-state index < -0.39 is 0 Å². The lowest BCUT2D eigenvalue weighted by Crippen LogP contribution is -2.48. The zero-order chi connectivity index (χ0) is 13.9. The third-order valence-corrected chi connectivity index (χ3v) is 4.82. The van der Waals surface area contributed by atoms with Crippen molar-refractivity contribution in [2.24, 2.45) is 0 Å². The second-order valence-electron chi connectivity index (χ2n) is 6.23. The summed E-state index contributed by atoms with van der Waals surface area (Å²) in [5.74, 6) is 1.12. The van der Waals surface area contributed by atoms with Gasteiger partial charge in [-0.2, -0.15) is 5.10 Å². The normalized spacial score (nSPS) is 29.2. The van der Waals surface area contributed by atoms with Gasteiger partial charge < -0.3 is 5.32 Å². The summed E-state index contributed by atoms with van der Waals surface area (Å²) in [6, 6.07) is 2.22. The molecular formula is C15H27N5. The number of rotatable bonds is 6. The first-order chi connectivity index (χ1) is 9.80.